The number of hydrogen-bond acceptors (Lipinski definition) is 3. The summed E-state index contributed by atoms with van der Waals surface area (Å²) in [6.07, 6.45) is 8.09. The quantitative estimate of drug-likeness (QED) is 0.534. The second-order valence-corrected chi connectivity index (χ2v) is 8.34. The Labute approximate surface area is 181 Å². The molecule has 4 nitrogen and oxygen atoms in total. The minimum absolute atomic E-state index is 0.0516. The lowest BCUT2D eigenvalue weighted by molar-refractivity contribution is -0.113. The monoisotopic (exact) mass is 426 g/mol. The van der Waals surface area contributed by atoms with Crippen LogP contribution in [-0.2, 0) is 10.5 Å². The van der Waals surface area contributed by atoms with Crippen LogP contribution in [0.3, 0.4) is 0 Å². The van der Waals surface area contributed by atoms with Crippen LogP contribution < -0.4 is 10.6 Å². The van der Waals surface area contributed by atoms with Crippen LogP contribution in [0.25, 0.3) is 0 Å². The predicted molar refractivity (Wildman–Crippen MR) is 121 cm³/mol. The van der Waals surface area contributed by atoms with Crippen LogP contribution in [0.4, 0.5) is 10.1 Å². The van der Waals surface area contributed by atoms with Crippen molar-refractivity contribution in [1.82, 2.24) is 5.32 Å². The van der Waals surface area contributed by atoms with Crippen molar-refractivity contribution in [3.8, 4) is 0 Å². The number of thioether (sulfide) groups is 1. The highest BCUT2D eigenvalue weighted by molar-refractivity contribution is 7.99. The molecule has 0 fully saturated rings. The maximum absolute atomic E-state index is 12.9. The molecule has 2 amide bonds. The first-order valence-corrected chi connectivity index (χ1v) is 11.4. The fourth-order valence-corrected chi connectivity index (χ4v) is 4.10. The number of carbonyl (C=O) groups is 2. The maximum atomic E-state index is 12.9. The van der Waals surface area contributed by atoms with Gasteiger partial charge in [0, 0.05) is 23.5 Å². The zero-order valence-electron chi connectivity index (χ0n) is 17.0. The number of allylic oxidation sites excluding steroid dienone is 1. The normalized spacial score (nSPS) is 13.4. The van der Waals surface area contributed by atoms with E-state index in [2.05, 4.69) is 16.7 Å². The SMILES string of the molecule is O=C(CSCc1ccc(C(=O)NCCC2=CCCCC2)cc1)Nc1ccc(F)cc1. The van der Waals surface area contributed by atoms with Crippen LogP contribution in [0.2, 0.25) is 0 Å². The molecule has 2 aromatic rings. The lowest BCUT2D eigenvalue weighted by Gasteiger charge is -2.13. The number of halogens is 1. The molecular weight excluding hydrogens is 399 g/mol. The average Bonchev–Trinajstić information content (AvgIpc) is 2.76. The van der Waals surface area contributed by atoms with E-state index in [1.165, 1.54) is 54.4 Å². The van der Waals surface area contributed by atoms with Crippen LogP contribution >= 0.6 is 11.8 Å². The first kappa shape index (κ1) is 22.1. The highest BCUT2D eigenvalue weighted by Crippen LogP contribution is 2.19. The molecule has 0 unspecified atom stereocenters. The summed E-state index contributed by atoms with van der Waals surface area (Å²) >= 11 is 1.49. The molecule has 0 atom stereocenters. The van der Waals surface area contributed by atoms with Gasteiger partial charge in [0.2, 0.25) is 5.91 Å². The van der Waals surface area contributed by atoms with Crippen molar-refractivity contribution in [3.63, 3.8) is 0 Å². The Kier molecular flexibility index (Phi) is 8.51. The number of carbonyl (C=O) groups excluding carboxylic acids is 2. The van der Waals surface area contributed by atoms with Gasteiger partial charge in [-0.3, -0.25) is 9.59 Å². The molecule has 0 aromatic heterocycles. The third-order valence-electron chi connectivity index (χ3n) is 4.96. The van der Waals surface area contributed by atoms with E-state index in [0.29, 0.717) is 29.3 Å². The second-order valence-electron chi connectivity index (χ2n) is 7.36. The maximum Gasteiger partial charge on any atom is 0.251 e. The van der Waals surface area contributed by atoms with Crippen LogP contribution in [0.1, 0.15) is 48.0 Å². The zero-order chi connectivity index (χ0) is 21.2. The van der Waals surface area contributed by atoms with E-state index in [1.807, 2.05) is 24.3 Å². The fourth-order valence-electron chi connectivity index (χ4n) is 3.31. The minimum Gasteiger partial charge on any atom is -0.352 e. The van der Waals surface area contributed by atoms with E-state index >= 15 is 0 Å². The molecule has 30 heavy (non-hydrogen) atoms. The molecule has 158 valence electrons. The third kappa shape index (κ3) is 7.34. The van der Waals surface area contributed by atoms with Gasteiger partial charge in [0.15, 0.2) is 0 Å². The van der Waals surface area contributed by atoms with Gasteiger partial charge in [-0.05, 0) is 74.1 Å². The molecule has 2 N–H and O–H groups in total. The van der Waals surface area contributed by atoms with E-state index < -0.39 is 0 Å². The van der Waals surface area contributed by atoms with Gasteiger partial charge in [0.25, 0.3) is 5.91 Å². The van der Waals surface area contributed by atoms with Gasteiger partial charge in [0.1, 0.15) is 5.82 Å². The van der Waals surface area contributed by atoms with Gasteiger partial charge in [-0.1, -0.05) is 23.8 Å². The van der Waals surface area contributed by atoms with Crippen molar-refractivity contribution in [2.45, 2.75) is 37.9 Å². The zero-order valence-corrected chi connectivity index (χ0v) is 17.8. The van der Waals surface area contributed by atoms with Crippen molar-refractivity contribution in [3.05, 3.63) is 77.1 Å². The molecule has 0 saturated heterocycles. The molecule has 1 aliphatic carbocycles. The van der Waals surface area contributed by atoms with Crippen LogP contribution in [0.15, 0.2) is 60.2 Å². The Morgan fingerprint density at radius 3 is 2.47 bits per heavy atom. The summed E-state index contributed by atoms with van der Waals surface area (Å²) in [6, 6.07) is 13.2. The van der Waals surface area contributed by atoms with Crippen LogP contribution in [0, 0.1) is 5.82 Å². The highest BCUT2D eigenvalue weighted by Gasteiger charge is 2.08. The standard InChI is InChI=1S/C24H27FN2O2S/c25-21-10-12-22(13-11-21)27-23(28)17-30-16-19-6-8-20(9-7-19)24(29)26-15-14-18-4-2-1-3-5-18/h4,6-13H,1-3,5,14-17H2,(H,26,29)(H,27,28). The minimum atomic E-state index is -0.332. The Hall–Kier alpha value is -2.60. The smallest absolute Gasteiger partial charge is 0.251 e. The summed E-state index contributed by atoms with van der Waals surface area (Å²) in [4.78, 5) is 24.2. The van der Waals surface area contributed by atoms with Crippen molar-refractivity contribution in [2.75, 3.05) is 17.6 Å². The largest absolute Gasteiger partial charge is 0.352 e. The average molecular weight is 427 g/mol. The number of anilines is 1. The third-order valence-corrected chi connectivity index (χ3v) is 5.97. The summed E-state index contributed by atoms with van der Waals surface area (Å²) in [6.45, 7) is 0.672. The lowest BCUT2D eigenvalue weighted by Crippen LogP contribution is -2.24. The lowest BCUT2D eigenvalue weighted by atomic mass is 9.97. The Morgan fingerprint density at radius 2 is 1.77 bits per heavy atom. The van der Waals surface area contributed by atoms with Gasteiger partial charge in [-0.2, -0.15) is 0 Å². The highest BCUT2D eigenvalue weighted by atomic mass is 32.2. The predicted octanol–water partition coefficient (Wildman–Crippen LogP) is 5.32. The fraction of sp³-hybridized carbons (Fsp3) is 0.333. The summed E-state index contributed by atoms with van der Waals surface area (Å²) in [5, 5.41) is 5.73. The van der Waals surface area contributed by atoms with Crippen molar-refractivity contribution in [1.29, 1.82) is 0 Å². The van der Waals surface area contributed by atoms with E-state index in [9.17, 15) is 14.0 Å². The van der Waals surface area contributed by atoms with Gasteiger partial charge >= 0.3 is 0 Å². The summed E-state index contributed by atoms with van der Waals surface area (Å²) in [5.41, 5.74) is 3.74. The van der Waals surface area contributed by atoms with E-state index in [0.717, 1.165) is 24.8 Å². The summed E-state index contributed by atoms with van der Waals surface area (Å²) in [7, 11) is 0. The Morgan fingerprint density at radius 1 is 1.00 bits per heavy atom. The van der Waals surface area contributed by atoms with Crippen LogP contribution in [0.5, 0.6) is 0 Å². The molecule has 0 radical (unpaired) electrons. The van der Waals surface area contributed by atoms with E-state index in [-0.39, 0.29) is 17.6 Å². The molecule has 3 rings (SSSR count). The molecule has 2 aromatic carbocycles. The van der Waals surface area contributed by atoms with Gasteiger partial charge in [-0.15, -0.1) is 11.8 Å². The molecule has 1 aliphatic rings. The Bertz CT molecular complexity index is 879. The molecule has 0 heterocycles. The first-order chi connectivity index (χ1) is 14.6. The van der Waals surface area contributed by atoms with Gasteiger partial charge < -0.3 is 10.6 Å². The second kappa shape index (κ2) is 11.6. The topological polar surface area (TPSA) is 58.2 Å². The number of nitrogens with one attached hydrogen (secondary N) is 2. The summed E-state index contributed by atoms with van der Waals surface area (Å²) in [5.74, 6) is 0.462. The number of rotatable bonds is 9. The van der Waals surface area contributed by atoms with Crippen molar-refractivity contribution < 1.29 is 14.0 Å². The molecule has 0 saturated carbocycles. The van der Waals surface area contributed by atoms with Crippen molar-refractivity contribution in [2.24, 2.45) is 0 Å². The van der Waals surface area contributed by atoms with Crippen molar-refractivity contribution >= 4 is 29.3 Å². The van der Waals surface area contributed by atoms with E-state index in [1.54, 1.807) is 0 Å². The number of amides is 2. The summed E-state index contributed by atoms with van der Waals surface area (Å²) < 4.78 is 12.9. The Balaban J connectivity index is 1.36. The molecular formula is C24H27FN2O2S. The molecule has 6 heteroatoms. The van der Waals surface area contributed by atoms with Gasteiger partial charge in [0.05, 0.1) is 5.75 Å². The number of hydrogen-bond donors (Lipinski definition) is 2. The first-order valence-electron chi connectivity index (χ1n) is 10.3. The number of benzene rings is 2. The van der Waals surface area contributed by atoms with Crippen LogP contribution in [-0.4, -0.2) is 24.1 Å². The van der Waals surface area contributed by atoms with Gasteiger partial charge in [-0.25, -0.2) is 4.39 Å². The van der Waals surface area contributed by atoms with E-state index in [4.69, 9.17) is 0 Å². The molecule has 0 bridgehead atoms. The molecule has 0 aliphatic heterocycles. The molecule has 0 spiro atoms.